The van der Waals surface area contributed by atoms with Gasteiger partial charge >= 0.3 is 0 Å². The number of aliphatic hydroxyl groups is 1. The minimum absolute atomic E-state index is 0.262. The number of fused-ring (bicyclic) bond motifs is 1. The third-order valence-corrected chi connectivity index (χ3v) is 6.55. The zero-order valence-corrected chi connectivity index (χ0v) is 15.5. The van der Waals surface area contributed by atoms with Crippen LogP contribution < -0.4 is 0 Å². The highest BCUT2D eigenvalue weighted by Gasteiger charge is 2.34. The summed E-state index contributed by atoms with van der Waals surface area (Å²) in [5.74, 6) is 1.65. The molecule has 2 N–H and O–H groups in total. The Kier molecular flexibility index (Phi) is 4.16. The fourth-order valence-corrected chi connectivity index (χ4v) is 4.88. The van der Waals surface area contributed by atoms with Crippen LogP contribution >= 0.6 is 0 Å². The van der Waals surface area contributed by atoms with Crippen molar-refractivity contribution in [2.45, 2.75) is 56.5 Å². The highest BCUT2D eigenvalue weighted by molar-refractivity contribution is 5.50. The topological polar surface area (TPSA) is 57.8 Å². The Labute approximate surface area is 159 Å². The lowest BCUT2D eigenvalue weighted by molar-refractivity contribution is 0.0753. The molecule has 1 atom stereocenters. The molecule has 0 radical (unpaired) electrons. The van der Waals surface area contributed by atoms with Gasteiger partial charge in [-0.25, -0.2) is 4.98 Å². The molecule has 0 amide bonds. The van der Waals surface area contributed by atoms with Gasteiger partial charge in [0.15, 0.2) is 0 Å². The molecule has 4 heteroatoms. The first-order chi connectivity index (χ1) is 13.2. The van der Waals surface area contributed by atoms with E-state index in [1.54, 1.807) is 6.07 Å². The molecule has 27 heavy (non-hydrogen) atoms. The number of aliphatic hydroxyl groups excluding tert-OH is 1. The molecule has 0 aliphatic heterocycles. The summed E-state index contributed by atoms with van der Waals surface area (Å²) in [5.41, 5.74) is 4.46. The van der Waals surface area contributed by atoms with Crippen LogP contribution in [-0.4, -0.2) is 19.6 Å². The molecule has 2 aliphatic rings. The fraction of sp³-hybridized carbons (Fsp3) is 0.435. The van der Waals surface area contributed by atoms with E-state index in [0.717, 1.165) is 42.5 Å². The van der Waals surface area contributed by atoms with Crippen LogP contribution in [0.25, 0.3) is 5.52 Å². The molecule has 1 aromatic carbocycles. The van der Waals surface area contributed by atoms with E-state index in [9.17, 15) is 10.2 Å². The number of phenolic OH excluding ortho intramolecular Hbond substituents is 1. The van der Waals surface area contributed by atoms with Crippen LogP contribution in [-0.2, 0) is 0 Å². The Morgan fingerprint density at radius 2 is 1.59 bits per heavy atom. The molecule has 0 bridgehead atoms. The molecule has 0 saturated heterocycles. The van der Waals surface area contributed by atoms with Crippen molar-refractivity contribution in [1.29, 1.82) is 0 Å². The Morgan fingerprint density at radius 1 is 0.889 bits per heavy atom. The molecule has 0 spiro atoms. The van der Waals surface area contributed by atoms with Gasteiger partial charge in [0.25, 0.3) is 0 Å². The molecule has 2 aromatic heterocycles. The summed E-state index contributed by atoms with van der Waals surface area (Å²) in [6.45, 7) is 0. The van der Waals surface area contributed by atoms with E-state index in [1.807, 2.05) is 30.7 Å². The number of hydrogen-bond donors (Lipinski definition) is 2. The zero-order chi connectivity index (χ0) is 18.4. The summed E-state index contributed by atoms with van der Waals surface area (Å²) in [4.78, 5) is 4.30. The van der Waals surface area contributed by atoms with Crippen LogP contribution in [0.4, 0.5) is 0 Å². The highest BCUT2D eigenvalue weighted by Crippen LogP contribution is 2.47. The van der Waals surface area contributed by atoms with E-state index in [4.69, 9.17) is 0 Å². The van der Waals surface area contributed by atoms with E-state index < -0.39 is 6.10 Å². The van der Waals surface area contributed by atoms with Crippen LogP contribution in [0, 0.1) is 5.92 Å². The van der Waals surface area contributed by atoms with Crippen molar-refractivity contribution in [2.75, 3.05) is 0 Å². The summed E-state index contributed by atoms with van der Waals surface area (Å²) in [6.07, 6.45) is 9.68. The van der Waals surface area contributed by atoms with Gasteiger partial charge in [0, 0.05) is 0 Å². The van der Waals surface area contributed by atoms with Crippen LogP contribution in [0.15, 0.2) is 48.9 Å². The largest absolute Gasteiger partial charge is 0.508 e. The number of hydrogen-bond acceptors (Lipinski definition) is 3. The zero-order valence-electron chi connectivity index (χ0n) is 15.5. The van der Waals surface area contributed by atoms with Crippen LogP contribution in [0.3, 0.4) is 0 Å². The van der Waals surface area contributed by atoms with Crippen LogP contribution in [0.5, 0.6) is 5.75 Å². The number of benzene rings is 1. The van der Waals surface area contributed by atoms with Crippen molar-refractivity contribution in [3.05, 3.63) is 65.7 Å². The van der Waals surface area contributed by atoms with E-state index in [2.05, 4.69) is 21.5 Å². The second-order valence-corrected chi connectivity index (χ2v) is 8.25. The highest BCUT2D eigenvalue weighted by atomic mass is 16.3. The minimum Gasteiger partial charge on any atom is -0.508 e. The smallest absolute Gasteiger partial charge is 0.119 e. The second-order valence-electron chi connectivity index (χ2n) is 8.25. The van der Waals surface area contributed by atoms with Crippen molar-refractivity contribution in [3.63, 3.8) is 0 Å². The second kappa shape index (κ2) is 6.68. The van der Waals surface area contributed by atoms with Gasteiger partial charge in [-0.05, 0) is 79.5 Å². The maximum atomic E-state index is 11.3. The van der Waals surface area contributed by atoms with Gasteiger partial charge in [-0.3, -0.25) is 0 Å². The lowest BCUT2D eigenvalue weighted by Gasteiger charge is -2.33. The van der Waals surface area contributed by atoms with Crippen LogP contribution in [0.2, 0.25) is 0 Å². The van der Waals surface area contributed by atoms with Gasteiger partial charge in [0.1, 0.15) is 5.75 Å². The maximum Gasteiger partial charge on any atom is 0.119 e. The fourth-order valence-electron chi connectivity index (χ4n) is 4.88. The monoisotopic (exact) mass is 362 g/mol. The van der Waals surface area contributed by atoms with Gasteiger partial charge in [0.2, 0.25) is 0 Å². The van der Waals surface area contributed by atoms with Gasteiger partial charge in [-0.15, -0.1) is 0 Å². The third kappa shape index (κ3) is 3.02. The van der Waals surface area contributed by atoms with Crippen molar-refractivity contribution in [3.8, 4) is 5.75 Å². The number of aromatic hydroxyl groups is 1. The summed E-state index contributed by atoms with van der Waals surface area (Å²) < 4.78 is 2.09. The summed E-state index contributed by atoms with van der Waals surface area (Å²) in [5, 5.41) is 21.5. The summed E-state index contributed by atoms with van der Waals surface area (Å²) in [7, 11) is 0. The van der Waals surface area contributed by atoms with Crippen molar-refractivity contribution >= 4 is 5.52 Å². The number of nitrogens with zero attached hydrogens (tertiary/aromatic N) is 2. The van der Waals surface area contributed by atoms with Crippen molar-refractivity contribution in [1.82, 2.24) is 9.38 Å². The first-order valence-corrected chi connectivity index (χ1v) is 10.1. The lowest BCUT2D eigenvalue weighted by atomic mass is 9.75. The number of phenols is 1. The lowest BCUT2D eigenvalue weighted by Crippen LogP contribution is -2.22. The van der Waals surface area contributed by atoms with Crippen molar-refractivity contribution in [2.24, 2.45) is 5.92 Å². The molecule has 4 nitrogen and oxygen atoms in total. The summed E-state index contributed by atoms with van der Waals surface area (Å²) >= 11 is 0. The standard InChI is InChI=1S/C23H26N2O2/c26-21-4-2-1-3-19(21)15-7-9-17(10-8-15)23(27)22-20(16-5-6-16)12-11-18-13-24-14-25(18)22/h1-4,11-17,23,26-27H,5-10H2/t15?,17?,23-/m1/s1. The Hall–Kier alpha value is -2.33. The number of imidazole rings is 1. The van der Waals surface area contributed by atoms with E-state index in [-0.39, 0.29) is 5.92 Å². The van der Waals surface area contributed by atoms with Gasteiger partial charge < -0.3 is 14.6 Å². The Morgan fingerprint density at radius 3 is 2.33 bits per heavy atom. The molecule has 2 saturated carbocycles. The predicted molar refractivity (Wildman–Crippen MR) is 105 cm³/mol. The minimum atomic E-state index is -0.455. The number of rotatable bonds is 4. The number of para-hydroxylation sites is 1. The van der Waals surface area contributed by atoms with Gasteiger partial charge in [-0.1, -0.05) is 24.3 Å². The maximum absolute atomic E-state index is 11.3. The molecule has 5 rings (SSSR count). The first-order valence-electron chi connectivity index (χ1n) is 10.1. The molecule has 3 aromatic rings. The predicted octanol–water partition coefficient (Wildman–Crippen LogP) is 4.92. The molecule has 2 fully saturated rings. The van der Waals surface area contributed by atoms with Gasteiger partial charge in [0.05, 0.1) is 29.8 Å². The Balaban J connectivity index is 1.39. The molecular formula is C23H26N2O2. The summed E-state index contributed by atoms with van der Waals surface area (Å²) in [6, 6.07) is 12.0. The molecule has 2 heterocycles. The van der Waals surface area contributed by atoms with Gasteiger partial charge in [-0.2, -0.15) is 0 Å². The Bertz CT molecular complexity index is 952. The average molecular weight is 362 g/mol. The van der Waals surface area contributed by atoms with Crippen molar-refractivity contribution < 1.29 is 10.2 Å². The number of pyridine rings is 1. The van der Waals surface area contributed by atoms with E-state index in [1.165, 1.54) is 18.4 Å². The molecular weight excluding hydrogens is 336 g/mol. The van der Waals surface area contributed by atoms with E-state index >= 15 is 0 Å². The SMILES string of the molecule is Oc1ccccc1C1CCC([C@@H](O)c2c(C3CC3)ccc3cncn23)CC1. The molecule has 0 unspecified atom stereocenters. The molecule has 140 valence electrons. The normalized spacial score (nSPS) is 24.2. The first kappa shape index (κ1) is 16.8. The van der Waals surface area contributed by atoms with Crippen LogP contribution in [0.1, 0.15) is 73.3 Å². The quantitative estimate of drug-likeness (QED) is 0.692. The third-order valence-electron chi connectivity index (χ3n) is 6.55. The number of aromatic nitrogens is 2. The van der Waals surface area contributed by atoms with E-state index in [0.29, 0.717) is 17.6 Å². The molecule has 2 aliphatic carbocycles. The average Bonchev–Trinajstić information content (AvgIpc) is 3.44.